The Bertz CT molecular complexity index is 729. The van der Waals surface area contributed by atoms with Gasteiger partial charge in [-0.05, 0) is 24.6 Å². The predicted octanol–water partition coefficient (Wildman–Crippen LogP) is 1.52. The number of benzene rings is 1. The van der Waals surface area contributed by atoms with E-state index in [2.05, 4.69) is 5.32 Å². The van der Waals surface area contributed by atoms with Crippen LogP contribution in [0.2, 0.25) is 0 Å². The third-order valence-corrected chi connectivity index (χ3v) is 4.29. The zero-order valence-electron chi connectivity index (χ0n) is 14.9. The number of Topliss-reactive ketones (excluding diaryl/α,β-unsaturated/α-hetero) is 1. The summed E-state index contributed by atoms with van der Waals surface area (Å²) in [5, 5.41) is 13.9. The largest absolute Gasteiger partial charge is 0.493 e. The lowest BCUT2D eigenvalue weighted by Gasteiger charge is -2.44. The first kappa shape index (κ1) is 20.6. The van der Waals surface area contributed by atoms with Crippen LogP contribution in [0.3, 0.4) is 0 Å². The van der Waals surface area contributed by atoms with Crippen molar-refractivity contribution in [1.29, 1.82) is 0 Å². The molecule has 0 unspecified atom stereocenters. The first-order chi connectivity index (χ1) is 12.5. The Balaban J connectivity index is 2.68. The number of methoxy groups -OCH3 is 3. The highest BCUT2D eigenvalue weighted by atomic mass is 19.4. The molecule has 8 nitrogen and oxygen atoms in total. The number of rotatable bonds is 5. The molecule has 0 aromatic heterocycles. The number of halogens is 3. The van der Waals surface area contributed by atoms with Crippen molar-refractivity contribution in [2.24, 2.45) is 5.92 Å². The van der Waals surface area contributed by atoms with Gasteiger partial charge in [0, 0.05) is 0 Å². The summed E-state index contributed by atoms with van der Waals surface area (Å²) in [6, 6.07) is -0.197. The second kappa shape index (κ2) is 7.14. The highest BCUT2D eigenvalue weighted by Crippen LogP contribution is 2.46. The summed E-state index contributed by atoms with van der Waals surface area (Å²) in [6.07, 6.45) is -5.29. The molecule has 2 amide bonds. The number of alkyl halides is 3. The normalized spacial score (nSPS) is 25.3. The predicted molar refractivity (Wildman–Crippen MR) is 85.7 cm³/mol. The molecule has 0 radical (unpaired) electrons. The van der Waals surface area contributed by atoms with Crippen molar-refractivity contribution in [2.75, 3.05) is 21.3 Å². The van der Waals surface area contributed by atoms with Crippen LogP contribution in [0, 0.1) is 5.92 Å². The number of urea groups is 1. The second-order valence-electron chi connectivity index (χ2n) is 5.89. The van der Waals surface area contributed by atoms with Gasteiger partial charge in [-0.3, -0.25) is 4.79 Å². The number of aliphatic hydroxyl groups is 1. The van der Waals surface area contributed by atoms with Gasteiger partial charge >= 0.3 is 12.2 Å². The van der Waals surface area contributed by atoms with Crippen molar-refractivity contribution < 1.29 is 42.1 Å². The summed E-state index contributed by atoms with van der Waals surface area (Å²) >= 11 is 0. The molecule has 0 bridgehead atoms. The van der Waals surface area contributed by atoms with Gasteiger partial charge in [0.05, 0.1) is 33.3 Å². The molecule has 1 saturated heterocycles. The Labute approximate surface area is 152 Å². The molecular weight excluding hydrogens is 373 g/mol. The summed E-state index contributed by atoms with van der Waals surface area (Å²) in [5.74, 6) is -2.65. The van der Waals surface area contributed by atoms with Crippen molar-refractivity contribution in [3.05, 3.63) is 17.7 Å². The van der Waals surface area contributed by atoms with E-state index in [1.165, 1.54) is 38.8 Å². The lowest BCUT2D eigenvalue weighted by atomic mass is 9.79. The Kier molecular flexibility index (Phi) is 5.45. The third-order valence-electron chi connectivity index (χ3n) is 4.29. The van der Waals surface area contributed by atoms with Gasteiger partial charge in [-0.2, -0.15) is 13.2 Å². The SMILES string of the molecule is COc1cc([C@@H]2NC(=O)N[C@@](O)(C(F)(F)F)[C@@H]2C(C)=O)cc(OC)c1OC. The Hall–Kier alpha value is -2.69. The first-order valence-corrected chi connectivity index (χ1v) is 7.68. The highest BCUT2D eigenvalue weighted by Gasteiger charge is 2.65. The van der Waals surface area contributed by atoms with Gasteiger partial charge in [-0.25, -0.2) is 4.79 Å². The van der Waals surface area contributed by atoms with Crippen LogP contribution in [0.5, 0.6) is 17.2 Å². The van der Waals surface area contributed by atoms with E-state index in [1.807, 2.05) is 0 Å². The first-order valence-electron chi connectivity index (χ1n) is 7.68. The molecule has 1 heterocycles. The van der Waals surface area contributed by atoms with Gasteiger partial charge < -0.3 is 30.0 Å². The van der Waals surface area contributed by atoms with Crippen LogP contribution in [0.25, 0.3) is 0 Å². The number of hydrogen-bond acceptors (Lipinski definition) is 6. The summed E-state index contributed by atoms with van der Waals surface area (Å²) in [7, 11) is 3.94. The number of hydrogen-bond donors (Lipinski definition) is 3. The zero-order chi connectivity index (χ0) is 20.6. The average Bonchev–Trinajstić information content (AvgIpc) is 2.58. The van der Waals surface area contributed by atoms with Crippen molar-refractivity contribution in [1.82, 2.24) is 10.6 Å². The quantitative estimate of drug-likeness (QED) is 0.702. The second-order valence-corrected chi connectivity index (χ2v) is 5.89. The number of carbonyl (C=O) groups excluding carboxylic acids is 2. The van der Waals surface area contributed by atoms with E-state index in [9.17, 15) is 27.9 Å². The van der Waals surface area contributed by atoms with Gasteiger partial charge in [-0.1, -0.05) is 0 Å². The topological polar surface area (TPSA) is 106 Å². The molecule has 3 atom stereocenters. The summed E-state index contributed by atoms with van der Waals surface area (Å²) in [4.78, 5) is 23.9. The van der Waals surface area contributed by atoms with Crippen LogP contribution in [0.4, 0.5) is 18.0 Å². The van der Waals surface area contributed by atoms with Crippen molar-refractivity contribution in [3.8, 4) is 17.2 Å². The molecule has 27 heavy (non-hydrogen) atoms. The molecule has 1 aliphatic heterocycles. The lowest BCUT2D eigenvalue weighted by molar-refractivity contribution is -0.290. The van der Waals surface area contributed by atoms with Crippen LogP contribution < -0.4 is 24.8 Å². The smallest absolute Gasteiger partial charge is 0.437 e. The van der Waals surface area contributed by atoms with Gasteiger partial charge in [0.2, 0.25) is 11.5 Å². The Morgan fingerprint density at radius 1 is 1.15 bits per heavy atom. The number of nitrogens with one attached hydrogen (secondary N) is 2. The molecule has 2 rings (SSSR count). The van der Waals surface area contributed by atoms with Gasteiger partial charge in [-0.15, -0.1) is 0 Å². The molecule has 0 spiro atoms. The highest BCUT2D eigenvalue weighted by molar-refractivity contribution is 5.86. The monoisotopic (exact) mass is 392 g/mol. The van der Waals surface area contributed by atoms with E-state index in [-0.39, 0.29) is 22.8 Å². The fraction of sp³-hybridized carbons (Fsp3) is 0.500. The van der Waals surface area contributed by atoms with E-state index >= 15 is 0 Å². The van der Waals surface area contributed by atoms with Crippen LogP contribution >= 0.6 is 0 Å². The molecule has 0 saturated carbocycles. The van der Waals surface area contributed by atoms with E-state index < -0.39 is 35.7 Å². The van der Waals surface area contributed by atoms with Crippen LogP contribution in [0.15, 0.2) is 12.1 Å². The molecule has 11 heteroatoms. The summed E-state index contributed by atoms with van der Waals surface area (Å²) < 4.78 is 55.9. The minimum atomic E-state index is -5.29. The van der Waals surface area contributed by atoms with E-state index in [0.29, 0.717) is 0 Å². The molecule has 3 N–H and O–H groups in total. The van der Waals surface area contributed by atoms with Crippen molar-refractivity contribution in [3.63, 3.8) is 0 Å². The van der Waals surface area contributed by atoms with Crippen LogP contribution in [-0.2, 0) is 4.79 Å². The van der Waals surface area contributed by atoms with Crippen molar-refractivity contribution >= 4 is 11.8 Å². The molecule has 1 aliphatic rings. The third kappa shape index (κ3) is 3.46. The molecule has 0 aliphatic carbocycles. The molecule has 150 valence electrons. The fourth-order valence-electron chi connectivity index (χ4n) is 3.09. The summed E-state index contributed by atoms with van der Waals surface area (Å²) in [5.41, 5.74) is -3.69. The molecular formula is C16H19F3N2O6. The maximum atomic E-state index is 13.5. The Morgan fingerprint density at radius 3 is 2.04 bits per heavy atom. The van der Waals surface area contributed by atoms with E-state index in [1.54, 1.807) is 0 Å². The number of carbonyl (C=O) groups is 2. The van der Waals surface area contributed by atoms with E-state index in [0.717, 1.165) is 6.92 Å². The zero-order valence-corrected chi connectivity index (χ0v) is 14.9. The van der Waals surface area contributed by atoms with Crippen LogP contribution in [0.1, 0.15) is 18.5 Å². The lowest BCUT2D eigenvalue weighted by Crippen LogP contribution is -2.72. The Morgan fingerprint density at radius 2 is 1.67 bits per heavy atom. The molecule has 1 aromatic carbocycles. The van der Waals surface area contributed by atoms with Gasteiger partial charge in [0.1, 0.15) is 5.78 Å². The molecule has 1 aromatic rings. The fourth-order valence-corrected chi connectivity index (χ4v) is 3.09. The number of ketones is 1. The standard InChI is InChI=1S/C16H19F3N2O6/c1-7(22)11-12(20-14(23)21-15(11,24)16(17,18)19)8-5-9(25-2)13(27-4)10(6-8)26-3/h5-6,11-12,24H,1-4H3,(H2,20,21,23)/t11-,12+,15+/m1/s1. The van der Waals surface area contributed by atoms with Gasteiger partial charge in [0.15, 0.2) is 11.5 Å². The number of amides is 2. The number of ether oxygens (including phenoxy) is 3. The minimum absolute atomic E-state index is 0.0576. The van der Waals surface area contributed by atoms with Gasteiger partial charge in [0.25, 0.3) is 0 Å². The average molecular weight is 392 g/mol. The maximum absolute atomic E-state index is 13.5. The van der Waals surface area contributed by atoms with Crippen molar-refractivity contribution in [2.45, 2.75) is 24.9 Å². The van der Waals surface area contributed by atoms with Crippen LogP contribution in [-0.4, -0.2) is 50.2 Å². The van der Waals surface area contributed by atoms with E-state index in [4.69, 9.17) is 14.2 Å². The maximum Gasteiger partial charge on any atom is 0.437 e. The summed E-state index contributed by atoms with van der Waals surface area (Å²) in [6.45, 7) is 0.894. The minimum Gasteiger partial charge on any atom is -0.493 e. The molecule has 1 fully saturated rings.